The largest absolute Gasteiger partial charge is 0.370 e. The molecule has 1 heterocycles. The Morgan fingerprint density at radius 1 is 1.19 bits per heavy atom. The van der Waals surface area contributed by atoms with Gasteiger partial charge in [0.2, 0.25) is 0 Å². The summed E-state index contributed by atoms with van der Waals surface area (Å²) in [6.07, 6.45) is 4.58. The number of benzene rings is 1. The van der Waals surface area contributed by atoms with Gasteiger partial charge < -0.3 is 5.32 Å². The number of aryl methyl sites for hydroxylation is 2. The van der Waals surface area contributed by atoms with Crippen molar-refractivity contribution in [1.82, 2.24) is 9.97 Å². The van der Waals surface area contributed by atoms with Crippen LogP contribution in [0, 0.1) is 6.92 Å². The van der Waals surface area contributed by atoms with Gasteiger partial charge in [-0.05, 0) is 63.3 Å². The Kier molecular flexibility index (Phi) is 4.11. The molecule has 0 aliphatic heterocycles. The van der Waals surface area contributed by atoms with Crippen molar-refractivity contribution < 1.29 is 0 Å². The molecule has 1 aliphatic carbocycles. The van der Waals surface area contributed by atoms with E-state index in [1.807, 2.05) is 18.2 Å². The van der Waals surface area contributed by atoms with Crippen molar-refractivity contribution in [1.29, 1.82) is 0 Å². The van der Waals surface area contributed by atoms with Gasteiger partial charge in [-0.1, -0.05) is 11.6 Å². The highest BCUT2D eigenvalue weighted by molar-refractivity contribution is 6.30. The van der Waals surface area contributed by atoms with E-state index in [0.29, 0.717) is 0 Å². The molecule has 0 fully saturated rings. The Morgan fingerprint density at radius 3 is 2.76 bits per heavy atom. The molecule has 0 bridgehead atoms. The standard InChI is InChI=1S/C17H20ClN3/c1-3-19-16-14-6-4-5-7-15(14)20-17(21-16)13-9-8-12(18)10-11(13)2/h8-10H,3-7H2,1-2H3,(H,19,20,21). The van der Waals surface area contributed by atoms with E-state index in [1.165, 1.54) is 24.1 Å². The van der Waals surface area contributed by atoms with Crippen LogP contribution >= 0.6 is 11.6 Å². The van der Waals surface area contributed by atoms with Gasteiger partial charge in [0.15, 0.2) is 5.82 Å². The first-order valence-corrected chi connectivity index (χ1v) is 7.97. The smallest absolute Gasteiger partial charge is 0.162 e. The minimum absolute atomic E-state index is 0.751. The Labute approximate surface area is 130 Å². The summed E-state index contributed by atoms with van der Waals surface area (Å²) >= 11 is 6.05. The molecule has 0 saturated carbocycles. The van der Waals surface area contributed by atoms with E-state index in [-0.39, 0.29) is 0 Å². The molecule has 3 rings (SSSR count). The predicted molar refractivity (Wildman–Crippen MR) is 88.0 cm³/mol. The van der Waals surface area contributed by atoms with Crippen LogP contribution in [-0.2, 0) is 12.8 Å². The van der Waals surface area contributed by atoms with E-state index < -0.39 is 0 Å². The zero-order chi connectivity index (χ0) is 14.8. The van der Waals surface area contributed by atoms with E-state index in [4.69, 9.17) is 21.6 Å². The summed E-state index contributed by atoms with van der Waals surface area (Å²) in [6.45, 7) is 5.03. The second kappa shape index (κ2) is 6.02. The van der Waals surface area contributed by atoms with Crippen LogP contribution < -0.4 is 5.32 Å². The van der Waals surface area contributed by atoms with Gasteiger partial charge >= 0.3 is 0 Å². The molecular weight excluding hydrogens is 282 g/mol. The molecule has 0 radical (unpaired) electrons. The lowest BCUT2D eigenvalue weighted by Gasteiger charge is -2.20. The van der Waals surface area contributed by atoms with Crippen LogP contribution in [0.25, 0.3) is 11.4 Å². The van der Waals surface area contributed by atoms with Crippen molar-refractivity contribution in [3.8, 4) is 11.4 Å². The van der Waals surface area contributed by atoms with Gasteiger partial charge in [0.1, 0.15) is 5.82 Å². The predicted octanol–water partition coefficient (Wildman–Crippen LogP) is 4.42. The molecule has 1 aromatic carbocycles. The number of anilines is 1. The molecule has 21 heavy (non-hydrogen) atoms. The summed E-state index contributed by atoms with van der Waals surface area (Å²) in [7, 11) is 0. The van der Waals surface area contributed by atoms with Crippen LogP contribution in [0.2, 0.25) is 5.02 Å². The fraction of sp³-hybridized carbons (Fsp3) is 0.412. The van der Waals surface area contributed by atoms with Crippen LogP contribution in [0.1, 0.15) is 36.6 Å². The average molecular weight is 302 g/mol. The topological polar surface area (TPSA) is 37.8 Å². The second-order valence-electron chi connectivity index (χ2n) is 5.52. The minimum atomic E-state index is 0.751. The second-order valence-corrected chi connectivity index (χ2v) is 5.95. The van der Waals surface area contributed by atoms with Crippen molar-refractivity contribution in [3.63, 3.8) is 0 Å². The molecule has 2 aromatic rings. The molecule has 0 amide bonds. The lowest BCUT2D eigenvalue weighted by Crippen LogP contribution is -2.13. The maximum atomic E-state index is 6.05. The van der Waals surface area contributed by atoms with Crippen molar-refractivity contribution in [3.05, 3.63) is 40.0 Å². The number of nitrogens with zero attached hydrogens (tertiary/aromatic N) is 2. The fourth-order valence-corrected chi connectivity index (χ4v) is 3.13. The van der Waals surface area contributed by atoms with Crippen LogP contribution in [0.3, 0.4) is 0 Å². The normalized spacial score (nSPS) is 13.9. The van der Waals surface area contributed by atoms with E-state index >= 15 is 0 Å². The Hall–Kier alpha value is -1.61. The van der Waals surface area contributed by atoms with Crippen molar-refractivity contribution in [2.45, 2.75) is 39.5 Å². The molecule has 0 atom stereocenters. The zero-order valence-electron chi connectivity index (χ0n) is 12.5. The summed E-state index contributed by atoms with van der Waals surface area (Å²) < 4.78 is 0. The molecule has 0 saturated heterocycles. The van der Waals surface area contributed by atoms with E-state index in [9.17, 15) is 0 Å². The molecule has 0 unspecified atom stereocenters. The zero-order valence-corrected chi connectivity index (χ0v) is 13.3. The molecule has 4 heteroatoms. The molecular formula is C17H20ClN3. The molecule has 0 spiro atoms. The van der Waals surface area contributed by atoms with Crippen LogP contribution in [-0.4, -0.2) is 16.5 Å². The summed E-state index contributed by atoms with van der Waals surface area (Å²) in [5.41, 5.74) is 4.68. The summed E-state index contributed by atoms with van der Waals surface area (Å²) in [6, 6.07) is 5.88. The lowest BCUT2D eigenvalue weighted by molar-refractivity contribution is 0.664. The number of nitrogens with one attached hydrogen (secondary N) is 1. The summed E-state index contributed by atoms with van der Waals surface area (Å²) in [5.74, 6) is 1.81. The van der Waals surface area contributed by atoms with E-state index in [2.05, 4.69) is 19.2 Å². The van der Waals surface area contributed by atoms with Gasteiger partial charge in [0.25, 0.3) is 0 Å². The van der Waals surface area contributed by atoms with Crippen molar-refractivity contribution in [2.24, 2.45) is 0 Å². The molecule has 1 aliphatic rings. The fourth-order valence-electron chi connectivity index (χ4n) is 2.91. The van der Waals surface area contributed by atoms with Crippen LogP contribution in [0.5, 0.6) is 0 Å². The summed E-state index contributed by atoms with van der Waals surface area (Å²) in [5, 5.41) is 4.15. The van der Waals surface area contributed by atoms with Crippen molar-refractivity contribution >= 4 is 17.4 Å². The third-order valence-electron chi connectivity index (χ3n) is 3.96. The molecule has 1 N–H and O–H groups in total. The van der Waals surface area contributed by atoms with Gasteiger partial charge in [-0.3, -0.25) is 0 Å². The van der Waals surface area contributed by atoms with Gasteiger partial charge in [-0.2, -0.15) is 0 Å². The third-order valence-corrected chi connectivity index (χ3v) is 4.19. The Morgan fingerprint density at radius 2 is 2.00 bits per heavy atom. The number of rotatable bonds is 3. The Balaban J connectivity index is 2.12. The maximum Gasteiger partial charge on any atom is 0.162 e. The molecule has 3 nitrogen and oxygen atoms in total. The average Bonchev–Trinajstić information content (AvgIpc) is 2.47. The number of aromatic nitrogens is 2. The minimum Gasteiger partial charge on any atom is -0.370 e. The van der Waals surface area contributed by atoms with Gasteiger partial charge in [-0.15, -0.1) is 0 Å². The van der Waals surface area contributed by atoms with E-state index in [1.54, 1.807) is 0 Å². The van der Waals surface area contributed by atoms with Gasteiger partial charge in [0.05, 0.1) is 0 Å². The van der Waals surface area contributed by atoms with Crippen LogP contribution in [0.15, 0.2) is 18.2 Å². The number of hydrogen-bond donors (Lipinski definition) is 1. The first-order chi connectivity index (χ1) is 10.2. The van der Waals surface area contributed by atoms with Crippen molar-refractivity contribution in [2.75, 3.05) is 11.9 Å². The van der Waals surface area contributed by atoms with Gasteiger partial charge in [0, 0.05) is 28.4 Å². The number of halogens is 1. The monoisotopic (exact) mass is 301 g/mol. The summed E-state index contributed by atoms with van der Waals surface area (Å²) in [4.78, 5) is 9.59. The maximum absolute atomic E-state index is 6.05. The first kappa shape index (κ1) is 14.3. The van der Waals surface area contributed by atoms with Gasteiger partial charge in [-0.25, -0.2) is 9.97 Å². The highest BCUT2D eigenvalue weighted by Crippen LogP contribution is 2.30. The SMILES string of the molecule is CCNc1nc(-c2ccc(Cl)cc2C)nc2c1CCCC2. The number of fused-ring (bicyclic) bond motifs is 1. The quantitative estimate of drug-likeness (QED) is 0.912. The Bertz CT molecular complexity index is 667. The van der Waals surface area contributed by atoms with Crippen LogP contribution in [0.4, 0.5) is 5.82 Å². The number of hydrogen-bond acceptors (Lipinski definition) is 3. The lowest BCUT2D eigenvalue weighted by atomic mass is 9.96. The first-order valence-electron chi connectivity index (χ1n) is 7.59. The third kappa shape index (κ3) is 2.88. The highest BCUT2D eigenvalue weighted by atomic mass is 35.5. The molecule has 110 valence electrons. The highest BCUT2D eigenvalue weighted by Gasteiger charge is 2.18. The van der Waals surface area contributed by atoms with E-state index in [0.717, 1.165) is 47.2 Å². The molecule has 1 aromatic heterocycles.